The van der Waals surface area contributed by atoms with E-state index >= 15 is 0 Å². The smallest absolute Gasteiger partial charge is 0.291 e. The summed E-state index contributed by atoms with van der Waals surface area (Å²) >= 11 is 9.48. The molecule has 2 aromatic carbocycles. The fourth-order valence-corrected chi connectivity index (χ4v) is 3.44. The zero-order chi connectivity index (χ0) is 20.5. The summed E-state index contributed by atoms with van der Waals surface area (Å²) in [7, 11) is 0. The molecule has 2 N–H and O–H groups in total. The fraction of sp³-hybridized carbons (Fsp3) is 0.0476. The Hall–Kier alpha value is -3.03. The predicted molar refractivity (Wildman–Crippen MR) is 115 cm³/mol. The molecule has 146 valence electrons. The van der Waals surface area contributed by atoms with Gasteiger partial charge in [-0.25, -0.2) is 0 Å². The molecule has 4 aromatic rings. The minimum Gasteiger partial charge on any atom is -0.459 e. The van der Waals surface area contributed by atoms with Crippen molar-refractivity contribution in [3.8, 4) is 0 Å². The molecular formula is C21H14BrClN2O4. The van der Waals surface area contributed by atoms with Crippen molar-refractivity contribution in [2.45, 2.75) is 6.92 Å². The van der Waals surface area contributed by atoms with Crippen molar-refractivity contribution in [2.24, 2.45) is 0 Å². The van der Waals surface area contributed by atoms with Crippen molar-refractivity contribution < 1.29 is 18.4 Å². The fourth-order valence-electron chi connectivity index (χ4n) is 2.91. The Morgan fingerprint density at radius 1 is 1.00 bits per heavy atom. The summed E-state index contributed by atoms with van der Waals surface area (Å²) in [6.07, 6.45) is 1.40. The number of furan rings is 2. The summed E-state index contributed by atoms with van der Waals surface area (Å²) in [4.78, 5) is 25.2. The monoisotopic (exact) mass is 472 g/mol. The first-order valence-corrected chi connectivity index (χ1v) is 9.74. The minimum absolute atomic E-state index is 0.140. The predicted octanol–water partition coefficient (Wildman–Crippen LogP) is 6.25. The molecule has 0 radical (unpaired) electrons. The molecule has 2 aromatic heterocycles. The Morgan fingerprint density at radius 2 is 1.79 bits per heavy atom. The van der Waals surface area contributed by atoms with E-state index in [4.69, 9.17) is 20.4 Å². The first-order valence-electron chi connectivity index (χ1n) is 8.57. The van der Waals surface area contributed by atoms with Crippen LogP contribution in [0.2, 0.25) is 5.02 Å². The lowest BCUT2D eigenvalue weighted by molar-refractivity contribution is 0.0987. The van der Waals surface area contributed by atoms with Crippen LogP contribution >= 0.6 is 27.5 Å². The molecule has 0 spiro atoms. The topological polar surface area (TPSA) is 84.5 Å². The molecule has 0 aliphatic rings. The molecule has 8 heteroatoms. The average molecular weight is 474 g/mol. The Bertz CT molecular complexity index is 1230. The van der Waals surface area contributed by atoms with Crippen molar-refractivity contribution >= 4 is 61.7 Å². The van der Waals surface area contributed by atoms with Crippen LogP contribution in [-0.4, -0.2) is 11.8 Å². The number of hydrogen-bond donors (Lipinski definition) is 2. The van der Waals surface area contributed by atoms with Gasteiger partial charge in [0, 0.05) is 20.4 Å². The molecule has 0 aliphatic heterocycles. The van der Waals surface area contributed by atoms with Gasteiger partial charge >= 0.3 is 0 Å². The van der Waals surface area contributed by atoms with Crippen LogP contribution in [0.1, 0.15) is 26.7 Å². The van der Waals surface area contributed by atoms with Gasteiger partial charge in [-0.3, -0.25) is 9.59 Å². The minimum atomic E-state index is -0.461. The number of anilines is 2. The molecule has 0 saturated heterocycles. The lowest BCUT2D eigenvalue weighted by Crippen LogP contribution is -2.16. The summed E-state index contributed by atoms with van der Waals surface area (Å²) in [5.41, 5.74) is 2.04. The molecule has 0 atom stereocenters. The Morgan fingerprint density at radius 3 is 2.55 bits per heavy atom. The Kier molecular flexibility index (Phi) is 5.17. The highest BCUT2D eigenvalue weighted by Crippen LogP contribution is 2.31. The first-order chi connectivity index (χ1) is 13.9. The second-order valence-corrected chi connectivity index (χ2v) is 7.62. The average Bonchev–Trinajstić information content (AvgIpc) is 3.33. The molecule has 0 fully saturated rings. The van der Waals surface area contributed by atoms with Crippen LogP contribution in [0.3, 0.4) is 0 Å². The van der Waals surface area contributed by atoms with Crippen LogP contribution in [0.25, 0.3) is 11.0 Å². The lowest BCUT2D eigenvalue weighted by Gasteiger charge is -2.12. The third-order valence-electron chi connectivity index (χ3n) is 4.33. The quantitative estimate of drug-likeness (QED) is 0.367. The molecule has 6 nitrogen and oxygen atoms in total. The zero-order valence-electron chi connectivity index (χ0n) is 15.1. The largest absolute Gasteiger partial charge is 0.459 e. The summed E-state index contributed by atoms with van der Waals surface area (Å²) in [5.74, 6) is -0.569. The van der Waals surface area contributed by atoms with Crippen LogP contribution < -0.4 is 10.6 Å². The molecule has 2 heterocycles. The summed E-state index contributed by atoms with van der Waals surface area (Å²) in [6.45, 7) is 1.81. The van der Waals surface area contributed by atoms with Crippen LogP contribution in [0.5, 0.6) is 0 Å². The van der Waals surface area contributed by atoms with Crippen LogP contribution in [-0.2, 0) is 0 Å². The zero-order valence-corrected chi connectivity index (χ0v) is 17.4. The number of carbonyl (C=O) groups is 2. The highest BCUT2D eigenvalue weighted by atomic mass is 79.9. The highest BCUT2D eigenvalue weighted by Gasteiger charge is 2.20. The van der Waals surface area contributed by atoms with Gasteiger partial charge in [0.25, 0.3) is 11.8 Å². The van der Waals surface area contributed by atoms with Gasteiger partial charge in [0.05, 0.1) is 17.6 Å². The molecule has 0 bridgehead atoms. The number of fused-ring (bicyclic) bond motifs is 1. The second kappa shape index (κ2) is 7.77. The van der Waals surface area contributed by atoms with Crippen molar-refractivity contribution in [2.75, 3.05) is 10.6 Å². The number of rotatable bonds is 4. The van der Waals surface area contributed by atoms with E-state index in [1.165, 1.54) is 12.3 Å². The van der Waals surface area contributed by atoms with E-state index in [-0.39, 0.29) is 11.5 Å². The van der Waals surface area contributed by atoms with E-state index in [1.54, 1.807) is 30.3 Å². The molecule has 0 aliphatic carbocycles. The Balaban J connectivity index is 1.63. The SMILES string of the molecule is Cc1c(C(=O)Nc2ccc(Cl)cc2NC(=O)c2ccco2)oc2ccc(Br)cc12. The van der Waals surface area contributed by atoms with Crippen LogP contribution in [0.15, 0.2) is 68.1 Å². The van der Waals surface area contributed by atoms with E-state index in [0.717, 1.165) is 9.86 Å². The van der Waals surface area contributed by atoms with E-state index in [0.29, 0.717) is 27.5 Å². The van der Waals surface area contributed by atoms with Crippen molar-refractivity contribution in [3.05, 3.63) is 81.4 Å². The number of carbonyl (C=O) groups excluding carboxylic acids is 2. The summed E-state index contributed by atoms with van der Waals surface area (Å²) < 4.78 is 11.7. The summed E-state index contributed by atoms with van der Waals surface area (Å²) in [6, 6.07) is 13.4. The normalized spacial score (nSPS) is 10.9. The molecule has 4 rings (SSSR count). The maximum Gasteiger partial charge on any atom is 0.291 e. The Labute approximate surface area is 179 Å². The maximum atomic E-state index is 12.9. The first kappa shape index (κ1) is 19.3. The number of benzene rings is 2. The number of aryl methyl sites for hydroxylation is 1. The van der Waals surface area contributed by atoms with Crippen LogP contribution in [0, 0.1) is 6.92 Å². The molecular weight excluding hydrogens is 460 g/mol. The van der Waals surface area contributed by atoms with E-state index in [1.807, 2.05) is 19.1 Å². The van der Waals surface area contributed by atoms with Crippen LogP contribution in [0.4, 0.5) is 11.4 Å². The molecule has 0 unspecified atom stereocenters. The van der Waals surface area contributed by atoms with Crippen molar-refractivity contribution in [3.63, 3.8) is 0 Å². The van der Waals surface area contributed by atoms with E-state index in [2.05, 4.69) is 26.6 Å². The standard InChI is InChI=1S/C21H14BrClN2O4/c1-11-14-9-12(22)4-7-17(14)29-19(11)21(27)24-15-6-5-13(23)10-16(15)25-20(26)18-3-2-8-28-18/h2-10H,1H3,(H,24,27)(H,25,26). The van der Waals surface area contributed by atoms with Gasteiger partial charge in [-0.2, -0.15) is 0 Å². The maximum absolute atomic E-state index is 12.9. The van der Waals surface area contributed by atoms with Gasteiger partial charge in [-0.15, -0.1) is 0 Å². The van der Waals surface area contributed by atoms with E-state index < -0.39 is 11.8 Å². The number of hydrogen-bond acceptors (Lipinski definition) is 4. The van der Waals surface area contributed by atoms with Gasteiger partial charge < -0.3 is 19.5 Å². The highest BCUT2D eigenvalue weighted by molar-refractivity contribution is 9.10. The molecule has 2 amide bonds. The van der Waals surface area contributed by atoms with Gasteiger partial charge in [-0.05, 0) is 55.5 Å². The third kappa shape index (κ3) is 3.92. The molecule has 0 saturated carbocycles. The van der Waals surface area contributed by atoms with Crippen molar-refractivity contribution in [1.29, 1.82) is 0 Å². The van der Waals surface area contributed by atoms with Gasteiger partial charge in [-0.1, -0.05) is 27.5 Å². The number of halogens is 2. The third-order valence-corrected chi connectivity index (χ3v) is 5.06. The number of nitrogens with one attached hydrogen (secondary N) is 2. The van der Waals surface area contributed by atoms with Gasteiger partial charge in [0.15, 0.2) is 11.5 Å². The lowest BCUT2D eigenvalue weighted by atomic mass is 10.1. The number of amides is 2. The summed E-state index contributed by atoms with van der Waals surface area (Å²) in [5, 5.41) is 6.71. The van der Waals surface area contributed by atoms with E-state index in [9.17, 15) is 9.59 Å². The second-order valence-electron chi connectivity index (χ2n) is 6.27. The molecule has 29 heavy (non-hydrogen) atoms. The van der Waals surface area contributed by atoms with Gasteiger partial charge in [0.2, 0.25) is 0 Å². The van der Waals surface area contributed by atoms with Crippen molar-refractivity contribution in [1.82, 2.24) is 0 Å². The van der Waals surface area contributed by atoms with Gasteiger partial charge in [0.1, 0.15) is 5.58 Å².